The molecule has 0 aliphatic carbocycles. The standard InChI is InChI=1S/C13H27NO2/c1-5-14-8-6-13(16,7-9-14)12(4,10-15)11(2)3/h11,15-16H,5-10H2,1-4H3. The molecule has 96 valence electrons. The van der Waals surface area contributed by atoms with Gasteiger partial charge in [-0.3, -0.25) is 0 Å². The average Bonchev–Trinajstić information content (AvgIpc) is 2.28. The maximum Gasteiger partial charge on any atom is 0.0749 e. The van der Waals surface area contributed by atoms with Crippen LogP contribution in [0.4, 0.5) is 0 Å². The summed E-state index contributed by atoms with van der Waals surface area (Å²) in [5.41, 5.74) is -1.09. The highest BCUT2D eigenvalue weighted by atomic mass is 16.3. The molecule has 0 aromatic rings. The van der Waals surface area contributed by atoms with Gasteiger partial charge < -0.3 is 15.1 Å². The van der Waals surface area contributed by atoms with E-state index in [2.05, 4.69) is 25.7 Å². The third-order valence-corrected chi connectivity index (χ3v) is 4.80. The summed E-state index contributed by atoms with van der Waals surface area (Å²) in [5, 5.41) is 20.4. The smallest absolute Gasteiger partial charge is 0.0749 e. The quantitative estimate of drug-likeness (QED) is 0.767. The Kier molecular flexibility index (Phi) is 4.38. The molecule has 0 spiro atoms. The number of rotatable bonds is 4. The minimum Gasteiger partial charge on any atom is -0.396 e. The number of nitrogens with zero attached hydrogens (tertiary/aromatic N) is 1. The normalized spacial score (nSPS) is 25.7. The van der Waals surface area contributed by atoms with Gasteiger partial charge in [-0.2, -0.15) is 0 Å². The monoisotopic (exact) mass is 229 g/mol. The molecule has 1 aliphatic heterocycles. The fourth-order valence-electron chi connectivity index (χ4n) is 2.68. The van der Waals surface area contributed by atoms with Crippen molar-refractivity contribution in [3.8, 4) is 0 Å². The first kappa shape index (κ1) is 13.9. The van der Waals surface area contributed by atoms with Gasteiger partial charge in [-0.05, 0) is 25.3 Å². The molecule has 1 rings (SSSR count). The summed E-state index contributed by atoms with van der Waals surface area (Å²) >= 11 is 0. The Morgan fingerprint density at radius 3 is 2.12 bits per heavy atom. The van der Waals surface area contributed by atoms with Gasteiger partial charge in [0.15, 0.2) is 0 Å². The van der Waals surface area contributed by atoms with E-state index >= 15 is 0 Å². The van der Waals surface area contributed by atoms with Crippen LogP contribution in [0.1, 0.15) is 40.5 Å². The van der Waals surface area contributed by atoms with Gasteiger partial charge in [0.2, 0.25) is 0 Å². The zero-order valence-electron chi connectivity index (χ0n) is 11.2. The topological polar surface area (TPSA) is 43.7 Å². The lowest BCUT2D eigenvalue weighted by molar-refractivity contribution is -0.151. The maximum absolute atomic E-state index is 10.8. The highest BCUT2D eigenvalue weighted by molar-refractivity contribution is 5.00. The number of piperidine rings is 1. The molecule has 0 amide bonds. The predicted molar refractivity (Wildman–Crippen MR) is 66.3 cm³/mol. The Morgan fingerprint density at radius 1 is 1.31 bits per heavy atom. The van der Waals surface area contributed by atoms with Crippen LogP contribution in [0.25, 0.3) is 0 Å². The van der Waals surface area contributed by atoms with E-state index in [0.717, 1.165) is 32.5 Å². The van der Waals surface area contributed by atoms with Crippen LogP contribution in [0.3, 0.4) is 0 Å². The largest absolute Gasteiger partial charge is 0.396 e. The number of aliphatic hydroxyl groups excluding tert-OH is 1. The molecule has 1 saturated heterocycles. The molecule has 1 atom stereocenters. The van der Waals surface area contributed by atoms with Crippen molar-refractivity contribution in [1.29, 1.82) is 0 Å². The third kappa shape index (κ3) is 2.27. The summed E-state index contributed by atoms with van der Waals surface area (Å²) in [5.74, 6) is 0.288. The predicted octanol–water partition coefficient (Wildman–Crippen LogP) is 1.49. The van der Waals surface area contributed by atoms with Gasteiger partial charge in [0, 0.05) is 18.5 Å². The summed E-state index contributed by atoms with van der Waals surface area (Å²) in [6.45, 7) is 11.3. The van der Waals surface area contributed by atoms with Crippen molar-refractivity contribution in [2.24, 2.45) is 11.3 Å². The van der Waals surface area contributed by atoms with E-state index in [0.29, 0.717) is 0 Å². The van der Waals surface area contributed by atoms with E-state index in [1.807, 2.05) is 6.92 Å². The van der Waals surface area contributed by atoms with Crippen LogP contribution in [-0.2, 0) is 0 Å². The minimum atomic E-state index is -0.707. The molecule has 1 aliphatic rings. The Balaban J connectivity index is 2.78. The molecule has 1 unspecified atom stereocenters. The summed E-state index contributed by atoms with van der Waals surface area (Å²) in [7, 11) is 0. The Hall–Kier alpha value is -0.120. The number of likely N-dealkylation sites (tertiary alicyclic amines) is 1. The molecular formula is C13H27NO2. The van der Waals surface area contributed by atoms with Crippen LogP contribution in [0.15, 0.2) is 0 Å². The lowest BCUT2D eigenvalue weighted by atomic mass is 9.63. The highest BCUT2D eigenvalue weighted by Gasteiger charge is 2.49. The molecule has 2 N–H and O–H groups in total. The van der Waals surface area contributed by atoms with Crippen molar-refractivity contribution in [2.45, 2.75) is 46.1 Å². The van der Waals surface area contributed by atoms with Crippen molar-refractivity contribution in [3.63, 3.8) is 0 Å². The number of hydrogen-bond donors (Lipinski definition) is 2. The lowest BCUT2D eigenvalue weighted by Crippen LogP contribution is -2.57. The molecule has 3 nitrogen and oxygen atoms in total. The summed E-state index contributed by atoms with van der Waals surface area (Å²) < 4.78 is 0. The second-order valence-electron chi connectivity index (χ2n) is 5.70. The number of hydrogen-bond acceptors (Lipinski definition) is 3. The van der Waals surface area contributed by atoms with Crippen LogP contribution in [0.2, 0.25) is 0 Å². The Bertz CT molecular complexity index is 222. The van der Waals surface area contributed by atoms with Crippen molar-refractivity contribution >= 4 is 0 Å². The van der Waals surface area contributed by atoms with E-state index in [4.69, 9.17) is 0 Å². The van der Waals surface area contributed by atoms with Gasteiger partial charge in [-0.25, -0.2) is 0 Å². The molecule has 1 fully saturated rings. The summed E-state index contributed by atoms with van der Waals surface area (Å²) in [6.07, 6.45) is 1.55. The van der Waals surface area contributed by atoms with Gasteiger partial charge in [0.25, 0.3) is 0 Å². The molecule has 0 radical (unpaired) electrons. The molecular weight excluding hydrogens is 202 g/mol. The van der Waals surface area contributed by atoms with Crippen molar-refractivity contribution in [2.75, 3.05) is 26.2 Å². The zero-order valence-corrected chi connectivity index (χ0v) is 11.2. The lowest BCUT2D eigenvalue weighted by Gasteiger charge is -2.50. The van der Waals surface area contributed by atoms with Crippen LogP contribution in [0, 0.1) is 11.3 Å². The molecule has 0 saturated carbocycles. The van der Waals surface area contributed by atoms with Crippen LogP contribution in [0.5, 0.6) is 0 Å². The Morgan fingerprint density at radius 2 is 1.81 bits per heavy atom. The fraction of sp³-hybridized carbons (Fsp3) is 1.00. The summed E-state index contributed by atoms with van der Waals surface area (Å²) in [4.78, 5) is 2.35. The van der Waals surface area contributed by atoms with Crippen molar-refractivity contribution in [1.82, 2.24) is 4.90 Å². The van der Waals surface area contributed by atoms with E-state index in [9.17, 15) is 10.2 Å². The first-order valence-electron chi connectivity index (χ1n) is 6.45. The Labute approximate surface area is 99.5 Å². The van der Waals surface area contributed by atoms with Crippen LogP contribution < -0.4 is 0 Å². The third-order valence-electron chi connectivity index (χ3n) is 4.80. The second kappa shape index (κ2) is 5.03. The SMILES string of the molecule is CCN1CCC(O)(C(C)(CO)C(C)C)CC1. The molecule has 3 heteroatoms. The zero-order chi connectivity index (χ0) is 12.4. The number of aliphatic hydroxyl groups is 2. The van der Waals surface area contributed by atoms with E-state index in [1.54, 1.807) is 0 Å². The van der Waals surface area contributed by atoms with Crippen molar-refractivity contribution < 1.29 is 10.2 Å². The van der Waals surface area contributed by atoms with Crippen LogP contribution in [-0.4, -0.2) is 47.0 Å². The van der Waals surface area contributed by atoms with E-state index < -0.39 is 5.60 Å². The molecule has 16 heavy (non-hydrogen) atoms. The van der Waals surface area contributed by atoms with Crippen LogP contribution >= 0.6 is 0 Å². The van der Waals surface area contributed by atoms with Gasteiger partial charge in [0.05, 0.1) is 12.2 Å². The van der Waals surface area contributed by atoms with Gasteiger partial charge in [-0.15, -0.1) is 0 Å². The van der Waals surface area contributed by atoms with Gasteiger partial charge >= 0.3 is 0 Å². The van der Waals surface area contributed by atoms with E-state index in [1.165, 1.54) is 0 Å². The highest BCUT2D eigenvalue weighted by Crippen LogP contribution is 2.44. The molecule has 0 aromatic heterocycles. The van der Waals surface area contributed by atoms with E-state index in [-0.39, 0.29) is 17.9 Å². The van der Waals surface area contributed by atoms with Gasteiger partial charge in [0.1, 0.15) is 0 Å². The van der Waals surface area contributed by atoms with Gasteiger partial charge in [-0.1, -0.05) is 27.7 Å². The first-order chi connectivity index (χ1) is 7.39. The average molecular weight is 229 g/mol. The fourth-order valence-corrected chi connectivity index (χ4v) is 2.68. The maximum atomic E-state index is 10.8. The summed E-state index contributed by atoms with van der Waals surface area (Å²) in [6, 6.07) is 0. The molecule has 0 aromatic carbocycles. The second-order valence-corrected chi connectivity index (χ2v) is 5.70. The first-order valence-corrected chi connectivity index (χ1v) is 6.45. The molecule has 1 heterocycles. The minimum absolute atomic E-state index is 0.0628. The van der Waals surface area contributed by atoms with Crippen molar-refractivity contribution in [3.05, 3.63) is 0 Å². The molecule has 0 bridgehead atoms.